The van der Waals surface area contributed by atoms with E-state index >= 15 is 0 Å². The molecule has 0 radical (unpaired) electrons. The van der Waals surface area contributed by atoms with Gasteiger partial charge in [0.25, 0.3) is 0 Å². The van der Waals surface area contributed by atoms with Crippen LogP contribution in [0.1, 0.15) is 53.5 Å². The number of alkyl carbamates (subject to hydrolysis) is 1. The molecule has 1 aromatic carbocycles. The molecule has 0 aliphatic carbocycles. The van der Waals surface area contributed by atoms with E-state index in [1.807, 2.05) is 0 Å². The standard InChI is InChI=1S/C24H37NO8/c1-14-17(26)18(27)21(33-19(14)20(28)29)32-16-9-7-15(8-10-16)13-31-22(30)25-12-11-24(5,6)23(2,3)4/h7-10,14,17-19,21,26-27H,11-13H2,1-6H3,(H,25,30)(H,28,29)/t14-,17-,18+,19-,21?/m0/s1. The number of carbonyl (C=O) groups excluding carboxylic acids is 1. The van der Waals surface area contributed by atoms with Gasteiger partial charge in [0, 0.05) is 12.5 Å². The van der Waals surface area contributed by atoms with E-state index in [1.165, 1.54) is 6.92 Å². The summed E-state index contributed by atoms with van der Waals surface area (Å²) in [5.41, 5.74) is 0.894. The maximum Gasteiger partial charge on any atom is 0.407 e. The predicted molar refractivity (Wildman–Crippen MR) is 121 cm³/mol. The molecule has 1 heterocycles. The number of nitrogens with one attached hydrogen (secondary N) is 1. The van der Waals surface area contributed by atoms with Gasteiger partial charge in [-0.05, 0) is 34.9 Å². The number of carbonyl (C=O) groups is 2. The summed E-state index contributed by atoms with van der Waals surface area (Å²) in [5.74, 6) is -1.72. The molecule has 1 aliphatic heterocycles. The molecule has 1 aliphatic rings. The molecule has 1 aromatic rings. The SMILES string of the molecule is C[C@H]1[C@H](O)[C@@H](O)C(Oc2ccc(COC(=O)NCCC(C)(C)C(C)(C)C)cc2)O[C@@H]1C(=O)O. The van der Waals surface area contributed by atoms with Crippen LogP contribution in [0, 0.1) is 16.7 Å². The van der Waals surface area contributed by atoms with Crippen LogP contribution in [0.4, 0.5) is 4.79 Å². The minimum atomic E-state index is -1.40. The van der Waals surface area contributed by atoms with Gasteiger partial charge < -0.3 is 34.8 Å². The second kappa shape index (κ2) is 10.7. The average Bonchev–Trinajstić information content (AvgIpc) is 2.72. The van der Waals surface area contributed by atoms with E-state index in [0.717, 1.165) is 12.0 Å². The first-order valence-corrected chi connectivity index (χ1v) is 11.1. The third-order valence-electron chi connectivity index (χ3n) is 6.76. The van der Waals surface area contributed by atoms with Gasteiger partial charge in [-0.3, -0.25) is 0 Å². The molecule has 9 heteroatoms. The number of benzene rings is 1. The zero-order valence-electron chi connectivity index (χ0n) is 20.2. The summed E-state index contributed by atoms with van der Waals surface area (Å²) in [6, 6.07) is 6.51. The van der Waals surface area contributed by atoms with E-state index < -0.39 is 42.6 Å². The van der Waals surface area contributed by atoms with Gasteiger partial charge in [-0.15, -0.1) is 0 Å². The van der Waals surface area contributed by atoms with Gasteiger partial charge in [-0.2, -0.15) is 0 Å². The van der Waals surface area contributed by atoms with Crippen molar-refractivity contribution in [2.75, 3.05) is 6.54 Å². The minimum absolute atomic E-state index is 0.0598. The molecule has 2 rings (SSSR count). The zero-order chi connectivity index (χ0) is 25.0. The van der Waals surface area contributed by atoms with Crippen LogP contribution in [0.3, 0.4) is 0 Å². The van der Waals surface area contributed by atoms with E-state index in [9.17, 15) is 24.9 Å². The Bertz CT molecular complexity index is 802. The van der Waals surface area contributed by atoms with E-state index in [1.54, 1.807) is 24.3 Å². The first kappa shape index (κ1) is 26.9. The average molecular weight is 468 g/mol. The molecule has 0 aromatic heterocycles. The maximum absolute atomic E-state index is 12.0. The number of ether oxygens (including phenoxy) is 3. The fourth-order valence-electron chi connectivity index (χ4n) is 3.23. The van der Waals surface area contributed by atoms with Gasteiger partial charge in [0.1, 0.15) is 18.5 Å². The van der Waals surface area contributed by atoms with Crippen molar-refractivity contribution in [1.82, 2.24) is 5.32 Å². The monoisotopic (exact) mass is 467 g/mol. The van der Waals surface area contributed by atoms with Crippen LogP contribution in [-0.2, 0) is 20.9 Å². The lowest BCUT2D eigenvalue weighted by atomic mass is 9.67. The molecule has 9 nitrogen and oxygen atoms in total. The quantitative estimate of drug-likeness (QED) is 0.458. The summed E-state index contributed by atoms with van der Waals surface area (Å²) in [6.07, 6.45) is -5.00. The van der Waals surface area contributed by atoms with Crippen molar-refractivity contribution < 1.29 is 39.1 Å². The lowest BCUT2D eigenvalue weighted by molar-refractivity contribution is -0.256. The highest BCUT2D eigenvalue weighted by atomic mass is 16.7. The third-order valence-corrected chi connectivity index (χ3v) is 6.76. The molecule has 5 atom stereocenters. The van der Waals surface area contributed by atoms with Gasteiger partial charge in [0.05, 0.1) is 6.10 Å². The zero-order valence-corrected chi connectivity index (χ0v) is 20.2. The Morgan fingerprint density at radius 3 is 2.21 bits per heavy atom. The number of aliphatic carboxylic acids is 1. The van der Waals surface area contributed by atoms with Crippen molar-refractivity contribution in [2.24, 2.45) is 16.7 Å². The Labute approximate surface area is 195 Å². The number of carboxylic acid groups (broad SMARTS) is 1. The van der Waals surface area contributed by atoms with E-state index in [0.29, 0.717) is 12.3 Å². The second-order valence-corrected chi connectivity index (χ2v) is 10.3. The van der Waals surface area contributed by atoms with Crippen LogP contribution in [0.25, 0.3) is 0 Å². The number of aliphatic hydroxyl groups excluding tert-OH is 2. The first-order chi connectivity index (χ1) is 15.2. The van der Waals surface area contributed by atoms with Crippen molar-refractivity contribution in [3.05, 3.63) is 29.8 Å². The van der Waals surface area contributed by atoms with Crippen LogP contribution >= 0.6 is 0 Å². The summed E-state index contributed by atoms with van der Waals surface area (Å²) < 4.78 is 16.1. The van der Waals surface area contributed by atoms with Crippen LogP contribution < -0.4 is 10.1 Å². The highest BCUT2D eigenvalue weighted by molar-refractivity contribution is 5.73. The first-order valence-electron chi connectivity index (χ1n) is 11.1. The van der Waals surface area contributed by atoms with Crippen molar-refractivity contribution >= 4 is 12.1 Å². The summed E-state index contributed by atoms with van der Waals surface area (Å²) in [6.45, 7) is 12.9. The van der Waals surface area contributed by atoms with Gasteiger partial charge >= 0.3 is 12.1 Å². The lowest BCUT2D eigenvalue weighted by Crippen LogP contribution is -2.57. The molecule has 4 N–H and O–H groups in total. The van der Waals surface area contributed by atoms with Gasteiger partial charge in [-0.1, -0.05) is 53.7 Å². The Kier molecular flexibility index (Phi) is 8.73. The fraction of sp³-hybridized carbons (Fsp3) is 0.667. The summed E-state index contributed by atoms with van der Waals surface area (Å²) in [4.78, 5) is 23.3. The smallest absolute Gasteiger partial charge is 0.407 e. The number of carboxylic acids is 1. The molecular weight excluding hydrogens is 430 g/mol. The third kappa shape index (κ3) is 7.06. The molecule has 1 saturated heterocycles. The molecule has 0 saturated carbocycles. The Balaban J connectivity index is 1.83. The molecule has 1 amide bonds. The highest BCUT2D eigenvalue weighted by Gasteiger charge is 2.46. The predicted octanol–water partition coefficient (Wildman–Crippen LogP) is 2.92. The van der Waals surface area contributed by atoms with Gasteiger partial charge in [-0.25, -0.2) is 9.59 Å². The van der Waals surface area contributed by atoms with Gasteiger partial charge in [0.2, 0.25) is 6.29 Å². The molecular formula is C24H37NO8. The Hall–Kier alpha value is -2.36. The van der Waals surface area contributed by atoms with Gasteiger partial charge in [0.15, 0.2) is 6.10 Å². The number of hydrogen-bond donors (Lipinski definition) is 4. The number of hydrogen-bond acceptors (Lipinski definition) is 7. The molecule has 1 fully saturated rings. The largest absolute Gasteiger partial charge is 0.479 e. The fourth-order valence-corrected chi connectivity index (χ4v) is 3.23. The Morgan fingerprint density at radius 1 is 1.06 bits per heavy atom. The van der Waals surface area contributed by atoms with E-state index in [-0.39, 0.29) is 17.4 Å². The van der Waals surface area contributed by atoms with Crippen molar-refractivity contribution in [3.63, 3.8) is 0 Å². The molecule has 33 heavy (non-hydrogen) atoms. The lowest BCUT2D eigenvalue weighted by Gasteiger charge is -2.39. The van der Waals surface area contributed by atoms with Crippen molar-refractivity contribution in [2.45, 2.75) is 79.2 Å². The van der Waals surface area contributed by atoms with Crippen molar-refractivity contribution in [3.8, 4) is 5.75 Å². The second-order valence-electron chi connectivity index (χ2n) is 10.3. The number of rotatable bonds is 8. The van der Waals surface area contributed by atoms with E-state index in [2.05, 4.69) is 39.9 Å². The molecule has 186 valence electrons. The number of aliphatic hydroxyl groups is 2. The normalized spacial score (nSPS) is 25.9. The summed E-state index contributed by atoms with van der Waals surface area (Å²) in [5, 5.41) is 32.3. The summed E-state index contributed by atoms with van der Waals surface area (Å²) >= 11 is 0. The van der Waals surface area contributed by atoms with Crippen molar-refractivity contribution in [1.29, 1.82) is 0 Å². The highest BCUT2D eigenvalue weighted by Crippen LogP contribution is 2.40. The Morgan fingerprint density at radius 2 is 1.67 bits per heavy atom. The molecule has 0 spiro atoms. The molecule has 1 unspecified atom stereocenters. The van der Waals surface area contributed by atoms with Crippen LogP contribution in [0.15, 0.2) is 24.3 Å². The number of amides is 1. The topological polar surface area (TPSA) is 135 Å². The van der Waals surface area contributed by atoms with E-state index in [4.69, 9.17) is 14.2 Å². The maximum atomic E-state index is 12.0. The summed E-state index contributed by atoms with van der Waals surface area (Å²) in [7, 11) is 0. The van der Waals surface area contributed by atoms with Crippen LogP contribution in [0.2, 0.25) is 0 Å². The van der Waals surface area contributed by atoms with Crippen LogP contribution in [0.5, 0.6) is 5.75 Å². The van der Waals surface area contributed by atoms with Crippen LogP contribution in [-0.4, -0.2) is 58.5 Å². The minimum Gasteiger partial charge on any atom is -0.479 e. The molecule has 0 bridgehead atoms.